The number of benzene rings is 1. The highest BCUT2D eigenvalue weighted by Crippen LogP contribution is 2.32. The molecule has 100 valence electrons. The highest BCUT2D eigenvalue weighted by molar-refractivity contribution is 5.37. The van der Waals surface area contributed by atoms with Crippen LogP contribution in [0.5, 0.6) is 0 Å². The summed E-state index contributed by atoms with van der Waals surface area (Å²) in [5, 5.41) is 13.6. The molecule has 1 aromatic carbocycles. The van der Waals surface area contributed by atoms with E-state index in [1.807, 2.05) is 0 Å². The van der Waals surface area contributed by atoms with E-state index in [1.54, 1.807) is 0 Å². The molecule has 2 rings (SSSR count). The second kappa shape index (κ2) is 5.02. The molecule has 0 radical (unpaired) electrons. The Morgan fingerprint density at radius 3 is 2.78 bits per heavy atom. The number of rotatable bonds is 3. The van der Waals surface area contributed by atoms with Crippen LogP contribution in [0, 0.1) is 12.3 Å². The lowest BCUT2D eigenvalue weighted by Gasteiger charge is -2.27. The Balaban J connectivity index is 2.00. The van der Waals surface area contributed by atoms with Crippen molar-refractivity contribution in [1.29, 1.82) is 0 Å². The van der Waals surface area contributed by atoms with Crippen molar-refractivity contribution in [3.05, 3.63) is 34.9 Å². The van der Waals surface area contributed by atoms with Gasteiger partial charge in [-0.15, -0.1) is 0 Å². The summed E-state index contributed by atoms with van der Waals surface area (Å²) in [4.78, 5) is 0. The monoisotopic (exact) mass is 247 g/mol. The van der Waals surface area contributed by atoms with E-state index in [2.05, 4.69) is 51.2 Å². The Bertz CT molecular complexity index is 420. The average molecular weight is 247 g/mol. The first-order valence-electron chi connectivity index (χ1n) is 6.89. The normalized spacial score (nSPS) is 20.8. The molecule has 1 aliphatic carbocycles. The van der Waals surface area contributed by atoms with Gasteiger partial charge in [0.15, 0.2) is 0 Å². The molecule has 0 amide bonds. The van der Waals surface area contributed by atoms with Gasteiger partial charge in [-0.05, 0) is 36.3 Å². The molecule has 0 heterocycles. The third-order valence-corrected chi connectivity index (χ3v) is 3.94. The van der Waals surface area contributed by atoms with Gasteiger partial charge in [-0.2, -0.15) is 0 Å². The van der Waals surface area contributed by atoms with Crippen LogP contribution in [0.15, 0.2) is 18.2 Å². The van der Waals surface area contributed by atoms with Crippen molar-refractivity contribution in [3.63, 3.8) is 0 Å². The third kappa shape index (κ3) is 2.93. The van der Waals surface area contributed by atoms with Crippen LogP contribution in [0.25, 0.3) is 0 Å². The summed E-state index contributed by atoms with van der Waals surface area (Å²) in [6, 6.07) is 7.12. The number of hydrogen-bond acceptors (Lipinski definition) is 2. The molecule has 0 fully saturated rings. The Morgan fingerprint density at radius 1 is 1.39 bits per heavy atom. The van der Waals surface area contributed by atoms with E-state index in [0.29, 0.717) is 12.6 Å². The summed E-state index contributed by atoms with van der Waals surface area (Å²) in [5.41, 5.74) is 4.15. The van der Waals surface area contributed by atoms with Gasteiger partial charge in [-0.1, -0.05) is 44.5 Å². The largest absolute Gasteiger partial charge is 0.391 e. The van der Waals surface area contributed by atoms with Gasteiger partial charge >= 0.3 is 0 Å². The maximum absolute atomic E-state index is 10.1. The van der Waals surface area contributed by atoms with Crippen LogP contribution < -0.4 is 5.32 Å². The van der Waals surface area contributed by atoms with Gasteiger partial charge < -0.3 is 10.4 Å². The van der Waals surface area contributed by atoms with Gasteiger partial charge in [0.2, 0.25) is 0 Å². The minimum atomic E-state index is -0.300. The lowest BCUT2D eigenvalue weighted by molar-refractivity contribution is 0.0604. The van der Waals surface area contributed by atoms with Crippen LogP contribution >= 0.6 is 0 Å². The molecule has 0 bridgehead atoms. The van der Waals surface area contributed by atoms with Gasteiger partial charge in [-0.25, -0.2) is 0 Å². The molecule has 18 heavy (non-hydrogen) atoms. The van der Waals surface area contributed by atoms with Crippen molar-refractivity contribution < 1.29 is 5.11 Å². The third-order valence-electron chi connectivity index (χ3n) is 3.94. The molecule has 0 saturated carbocycles. The van der Waals surface area contributed by atoms with E-state index in [9.17, 15) is 5.11 Å². The Morgan fingerprint density at radius 2 is 2.11 bits per heavy atom. The lowest BCUT2D eigenvalue weighted by Crippen LogP contribution is -2.37. The van der Waals surface area contributed by atoms with E-state index < -0.39 is 0 Å². The molecule has 0 spiro atoms. The zero-order valence-corrected chi connectivity index (χ0v) is 12.0. The Hall–Kier alpha value is -0.860. The topological polar surface area (TPSA) is 32.3 Å². The van der Waals surface area contributed by atoms with Crippen LogP contribution in [-0.2, 0) is 6.42 Å². The molecule has 1 aromatic rings. The first-order valence-corrected chi connectivity index (χ1v) is 6.89. The molecule has 0 aliphatic heterocycles. The summed E-state index contributed by atoms with van der Waals surface area (Å²) >= 11 is 0. The lowest BCUT2D eigenvalue weighted by atomic mass is 9.89. The standard InChI is InChI=1S/C16H25NO/c1-11-5-6-12-7-8-14(13(12)9-11)17-10-15(18)16(2,3)4/h5-6,9,14-15,17-18H,7-8,10H2,1-4H3. The highest BCUT2D eigenvalue weighted by atomic mass is 16.3. The van der Waals surface area contributed by atoms with Crippen molar-refractivity contribution >= 4 is 0 Å². The molecular weight excluding hydrogens is 222 g/mol. The summed E-state index contributed by atoms with van der Waals surface area (Å²) < 4.78 is 0. The van der Waals surface area contributed by atoms with Crippen LogP contribution in [0.2, 0.25) is 0 Å². The maximum Gasteiger partial charge on any atom is 0.0712 e. The fourth-order valence-electron chi connectivity index (χ4n) is 2.49. The molecule has 1 aliphatic rings. The van der Waals surface area contributed by atoms with E-state index in [0.717, 1.165) is 12.8 Å². The minimum Gasteiger partial charge on any atom is -0.391 e. The summed E-state index contributed by atoms with van der Waals surface area (Å²) in [5.74, 6) is 0. The van der Waals surface area contributed by atoms with Crippen LogP contribution in [0.1, 0.15) is 49.9 Å². The quantitative estimate of drug-likeness (QED) is 0.860. The van der Waals surface area contributed by atoms with Crippen LogP contribution in [0.3, 0.4) is 0 Å². The zero-order valence-electron chi connectivity index (χ0n) is 12.0. The van der Waals surface area contributed by atoms with E-state index in [1.165, 1.54) is 16.7 Å². The molecule has 2 atom stereocenters. The van der Waals surface area contributed by atoms with E-state index >= 15 is 0 Å². The molecule has 0 aromatic heterocycles. The summed E-state index contributed by atoms with van der Waals surface area (Å²) in [6.07, 6.45) is 2.00. The van der Waals surface area contributed by atoms with Gasteiger partial charge in [0.25, 0.3) is 0 Å². The van der Waals surface area contributed by atoms with E-state index in [4.69, 9.17) is 0 Å². The molecule has 2 heteroatoms. The van der Waals surface area contributed by atoms with Crippen molar-refractivity contribution in [2.45, 2.75) is 52.7 Å². The SMILES string of the molecule is Cc1ccc2c(c1)C(NCC(O)C(C)(C)C)CC2. The predicted molar refractivity (Wildman–Crippen MR) is 75.7 cm³/mol. The van der Waals surface area contributed by atoms with Crippen molar-refractivity contribution in [2.24, 2.45) is 5.41 Å². The molecular formula is C16H25NO. The average Bonchev–Trinajstić information content (AvgIpc) is 2.67. The van der Waals surface area contributed by atoms with Gasteiger partial charge in [-0.3, -0.25) is 0 Å². The summed E-state index contributed by atoms with van der Waals surface area (Å²) in [6.45, 7) is 9.03. The van der Waals surface area contributed by atoms with Gasteiger partial charge in [0.1, 0.15) is 0 Å². The zero-order chi connectivity index (χ0) is 13.3. The first kappa shape index (κ1) is 13.6. The Labute approximate surface area is 110 Å². The Kier molecular flexibility index (Phi) is 3.79. The number of hydrogen-bond donors (Lipinski definition) is 2. The fraction of sp³-hybridized carbons (Fsp3) is 0.625. The van der Waals surface area contributed by atoms with Crippen molar-refractivity contribution in [2.75, 3.05) is 6.54 Å². The van der Waals surface area contributed by atoms with Crippen molar-refractivity contribution in [3.8, 4) is 0 Å². The molecule has 2 N–H and O–H groups in total. The van der Waals surface area contributed by atoms with Crippen LogP contribution in [-0.4, -0.2) is 17.8 Å². The number of aliphatic hydroxyl groups is 1. The smallest absolute Gasteiger partial charge is 0.0712 e. The number of nitrogens with one attached hydrogen (secondary N) is 1. The molecule has 2 nitrogen and oxygen atoms in total. The van der Waals surface area contributed by atoms with E-state index in [-0.39, 0.29) is 11.5 Å². The predicted octanol–water partition coefficient (Wildman–Crippen LogP) is 2.98. The second-order valence-electron chi connectivity index (χ2n) is 6.58. The van der Waals surface area contributed by atoms with Crippen molar-refractivity contribution in [1.82, 2.24) is 5.32 Å². The van der Waals surface area contributed by atoms with Gasteiger partial charge in [0.05, 0.1) is 6.10 Å². The number of fused-ring (bicyclic) bond motifs is 1. The second-order valence-corrected chi connectivity index (χ2v) is 6.58. The first-order chi connectivity index (χ1) is 8.38. The number of aliphatic hydroxyl groups excluding tert-OH is 1. The maximum atomic E-state index is 10.1. The molecule has 2 unspecified atom stereocenters. The summed E-state index contributed by atoms with van der Waals surface area (Å²) in [7, 11) is 0. The number of aryl methyl sites for hydroxylation is 2. The van der Waals surface area contributed by atoms with Gasteiger partial charge in [0, 0.05) is 12.6 Å². The molecule has 0 saturated heterocycles. The minimum absolute atomic E-state index is 0.0545. The van der Waals surface area contributed by atoms with Crippen LogP contribution in [0.4, 0.5) is 0 Å². The fourth-order valence-corrected chi connectivity index (χ4v) is 2.49. The highest BCUT2D eigenvalue weighted by Gasteiger charge is 2.26.